The first kappa shape index (κ1) is 21.2. The van der Waals surface area contributed by atoms with Gasteiger partial charge in [-0.15, -0.1) is 0 Å². The van der Waals surface area contributed by atoms with E-state index in [0.29, 0.717) is 11.8 Å². The molecule has 26 heavy (non-hydrogen) atoms. The highest BCUT2D eigenvalue weighted by Crippen LogP contribution is 2.07. The Morgan fingerprint density at radius 3 is 2.23 bits per heavy atom. The number of carbonyl (C=O) groups is 3. The number of nitrogens with one attached hydrogen (secondary N) is 1. The van der Waals surface area contributed by atoms with Gasteiger partial charge in [-0.25, -0.2) is 9.59 Å². The largest absolute Gasteiger partial charge is 0.447 e. The lowest BCUT2D eigenvalue weighted by molar-refractivity contribution is -0.122. The summed E-state index contributed by atoms with van der Waals surface area (Å²) in [7, 11) is -4.07. The number of amides is 3. The van der Waals surface area contributed by atoms with Gasteiger partial charge in [0.25, 0.3) is 10.1 Å². The summed E-state index contributed by atoms with van der Waals surface area (Å²) in [4.78, 5) is 34.2. The van der Waals surface area contributed by atoms with Gasteiger partial charge >= 0.3 is 12.2 Å². The Balaban J connectivity index is 2.79. The Labute approximate surface area is 149 Å². The smallest absolute Gasteiger partial charge is 0.408 e. The van der Waals surface area contributed by atoms with Crippen molar-refractivity contribution in [2.75, 3.05) is 12.9 Å². The molecule has 0 fully saturated rings. The van der Waals surface area contributed by atoms with Crippen LogP contribution in [-0.2, 0) is 35.2 Å². The maximum absolute atomic E-state index is 11.9. The normalized spacial score (nSPS) is 13.3. The van der Waals surface area contributed by atoms with E-state index in [0.717, 1.165) is 0 Å². The van der Waals surface area contributed by atoms with Crippen LogP contribution >= 0.6 is 0 Å². The average molecular weight is 389 g/mol. The second-order valence-corrected chi connectivity index (χ2v) is 6.66. The fraction of sp³-hybridized carbons (Fsp3) is 0.357. The number of rotatable bonds is 9. The van der Waals surface area contributed by atoms with E-state index in [2.05, 4.69) is 14.2 Å². The molecule has 0 saturated carbocycles. The second kappa shape index (κ2) is 9.58. The maximum Gasteiger partial charge on any atom is 0.408 e. The number of primary amides is 2. The molecule has 12 heteroatoms. The van der Waals surface area contributed by atoms with Crippen LogP contribution in [0.2, 0.25) is 0 Å². The van der Waals surface area contributed by atoms with Crippen molar-refractivity contribution >= 4 is 28.2 Å². The fourth-order valence-electron chi connectivity index (χ4n) is 1.81. The number of carbonyl (C=O) groups excluding carboxylic acids is 3. The van der Waals surface area contributed by atoms with Crippen LogP contribution in [0.5, 0.6) is 0 Å². The van der Waals surface area contributed by atoms with Crippen molar-refractivity contribution < 1.29 is 36.5 Å². The minimum atomic E-state index is -4.07. The van der Waals surface area contributed by atoms with E-state index >= 15 is 0 Å². The molecule has 0 bridgehead atoms. The molecule has 1 aromatic rings. The van der Waals surface area contributed by atoms with E-state index in [-0.39, 0.29) is 6.61 Å². The highest BCUT2D eigenvalue weighted by molar-refractivity contribution is 7.86. The Kier molecular flexibility index (Phi) is 7.80. The van der Waals surface area contributed by atoms with E-state index in [9.17, 15) is 22.8 Å². The molecule has 0 aliphatic carbocycles. The summed E-state index contributed by atoms with van der Waals surface area (Å²) in [6.07, 6.45) is -3.21. The molecular weight excluding hydrogens is 370 g/mol. The van der Waals surface area contributed by atoms with Crippen LogP contribution in [0.1, 0.15) is 5.56 Å². The first-order valence-electron chi connectivity index (χ1n) is 7.15. The highest BCUT2D eigenvalue weighted by atomic mass is 32.2. The SMILES string of the molecule is CS(=O)(=O)O[C@H](COC(N)=O)[C@H](NC(=O)OCc1ccccc1)C(N)=O. The molecule has 0 saturated heterocycles. The van der Waals surface area contributed by atoms with Crippen molar-refractivity contribution in [3.63, 3.8) is 0 Å². The van der Waals surface area contributed by atoms with Crippen LogP contribution in [0.3, 0.4) is 0 Å². The number of hydrogen-bond donors (Lipinski definition) is 3. The molecule has 1 aromatic carbocycles. The van der Waals surface area contributed by atoms with Gasteiger partial charge < -0.3 is 26.3 Å². The molecule has 0 aliphatic heterocycles. The van der Waals surface area contributed by atoms with Gasteiger partial charge in [-0.05, 0) is 5.56 Å². The van der Waals surface area contributed by atoms with E-state index in [1.807, 2.05) is 0 Å². The van der Waals surface area contributed by atoms with Crippen LogP contribution in [0.15, 0.2) is 30.3 Å². The number of hydrogen-bond acceptors (Lipinski definition) is 8. The minimum absolute atomic E-state index is 0.104. The quantitative estimate of drug-likeness (QED) is 0.460. The van der Waals surface area contributed by atoms with Crippen molar-refractivity contribution in [1.29, 1.82) is 0 Å². The molecule has 0 radical (unpaired) electrons. The molecule has 2 atom stereocenters. The number of benzene rings is 1. The third-order valence-corrected chi connectivity index (χ3v) is 3.45. The molecule has 5 N–H and O–H groups in total. The molecule has 0 aliphatic rings. The Hall–Kier alpha value is -2.86. The standard InChI is InChI=1S/C14H19N3O8S/c1-26(21,22)25-10(8-23-13(16)19)11(12(15)18)17-14(20)24-7-9-5-3-2-4-6-9/h2-6,10-11H,7-8H2,1H3,(H2,15,18)(H2,16,19)(H,17,20)/t10-,11+/m1/s1. The summed E-state index contributed by atoms with van der Waals surface area (Å²) in [6.45, 7) is -0.845. The lowest BCUT2D eigenvalue weighted by Gasteiger charge is -2.24. The summed E-state index contributed by atoms with van der Waals surface area (Å²) in [5, 5.41) is 2.08. The van der Waals surface area contributed by atoms with Gasteiger partial charge in [0.2, 0.25) is 5.91 Å². The minimum Gasteiger partial charge on any atom is -0.447 e. The monoisotopic (exact) mass is 389 g/mol. The Morgan fingerprint density at radius 1 is 1.12 bits per heavy atom. The van der Waals surface area contributed by atoms with Crippen molar-refractivity contribution in [3.8, 4) is 0 Å². The zero-order valence-electron chi connectivity index (χ0n) is 13.8. The van der Waals surface area contributed by atoms with Gasteiger partial charge in [-0.3, -0.25) is 8.98 Å². The van der Waals surface area contributed by atoms with E-state index < -0.39 is 47.0 Å². The first-order chi connectivity index (χ1) is 12.1. The summed E-state index contributed by atoms with van der Waals surface area (Å²) in [6, 6.07) is 7.00. The van der Waals surface area contributed by atoms with Gasteiger partial charge in [0.15, 0.2) is 0 Å². The van der Waals surface area contributed by atoms with E-state index in [1.54, 1.807) is 30.3 Å². The zero-order valence-corrected chi connectivity index (χ0v) is 14.6. The van der Waals surface area contributed by atoms with Gasteiger partial charge in [0.05, 0.1) is 6.26 Å². The van der Waals surface area contributed by atoms with Gasteiger partial charge in [0, 0.05) is 0 Å². The predicted molar refractivity (Wildman–Crippen MR) is 88.0 cm³/mol. The lowest BCUT2D eigenvalue weighted by Crippen LogP contribution is -2.54. The molecule has 0 heterocycles. The summed E-state index contributed by atoms with van der Waals surface area (Å²) < 4.78 is 36.6. The van der Waals surface area contributed by atoms with Crippen molar-refractivity contribution in [1.82, 2.24) is 5.32 Å². The van der Waals surface area contributed by atoms with Crippen molar-refractivity contribution in [2.24, 2.45) is 11.5 Å². The maximum atomic E-state index is 11.9. The van der Waals surface area contributed by atoms with E-state index in [1.165, 1.54) is 0 Å². The average Bonchev–Trinajstić information content (AvgIpc) is 2.54. The number of alkyl carbamates (subject to hydrolysis) is 1. The number of nitrogens with two attached hydrogens (primary N) is 2. The van der Waals surface area contributed by atoms with Crippen LogP contribution in [0.25, 0.3) is 0 Å². The number of ether oxygens (including phenoxy) is 2. The van der Waals surface area contributed by atoms with Crippen LogP contribution < -0.4 is 16.8 Å². The third kappa shape index (κ3) is 8.30. The molecule has 0 aromatic heterocycles. The van der Waals surface area contributed by atoms with Gasteiger partial charge in [-0.2, -0.15) is 8.42 Å². The van der Waals surface area contributed by atoms with Crippen molar-refractivity contribution in [2.45, 2.75) is 18.8 Å². The van der Waals surface area contributed by atoms with Crippen LogP contribution in [0.4, 0.5) is 9.59 Å². The first-order valence-corrected chi connectivity index (χ1v) is 8.97. The molecule has 0 spiro atoms. The van der Waals surface area contributed by atoms with E-state index in [4.69, 9.17) is 16.2 Å². The Morgan fingerprint density at radius 2 is 1.73 bits per heavy atom. The van der Waals surface area contributed by atoms with Crippen LogP contribution in [0, 0.1) is 0 Å². The van der Waals surface area contributed by atoms with Crippen LogP contribution in [-0.4, -0.2) is 51.5 Å². The summed E-state index contributed by atoms with van der Waals surface area (Å²) >= 11 is 0. The lowest BCUT2D eigenvalue weighted by atomic mass is 10.1. The third-order valence-electron chi connectivity index (χ3n) is 2.85. The summed E-state index contributed by atoms with van der Waals surface area (Å²) in [5.74, 6) is -1.14. The topological polar surface area (TPSA) is 177 Å². The van der Waals surface area contributed by atoms with Gasteiger partial charge in [0.1, 0.15) is 25.4 Å². The zero-order chi connectivity index (χ0) is 19.7. The predicted octanol–water partition coefficient (Wildman–Crippen LogP) is -0.793. The molecular formula is C14H19N3O8S. The molecule has 144 valence electrons. The molecule has 11 nitrogen and oxygen atoms in total. The van der Waals surface area contributed by atoms with Crippen molar-refractivity contribution in [3.05, 3.63) is 35.9 Å². The molecule has 1 rings (SSSR count). The Bertz CT molecular complexity index is 738. The highest BCUT2D eigenvalue weighted by Gasteiger charge is 2.33. The molecule has 3 amide bonds. The summed E-state index contributed by atoms with van der Waals surface area (Å²) in [5.41, 5.74) is 10.6. The second-order valence-electron chi connectivity index (χ2n) is 5.05. The molecule has 0 unspecified atom stereocenters. The van der Waals surface area contributed by atoms with Gasteiger partial charge in [-0.1, -0.05) is 30.3 Å². The fourth-order valence-corrected chi connectivity index (χ4v) is 2.42.